The van der Waals surface area contributed by atoms with Crippen molar-refractivity contribution in [3.05, 3.63) is 51.5 Å². The Bertz CT molecular complexity index is 1070. The van der Waals surface area contributed by atoms with Gasteiger partial charge in [0.05, 0.1) is 11.2 Å². The number of halogens is 2. The molecule has 28 heavy (non-hydrogen) atoms. The van der Waals surface area contributed by atoms with Crippen LogP contribution in [-0.2, 0) is 11.3 Å². The van der Waals surface area contributed by atoms with Gasteiger partial charge in [0.15, 0.2) is 11.5 Å². The number of fused-ring (bicyclic) bond motifs is 1. The molecule has 4 rings (SSSR count). The van der Waals surface area contributed by atoms with Crippen LogP contribution in [0, 0.1) is 0 Å². The fourth-order valence-electron chi connectivity index (χ4n) is 2.43. The lowest BCUT2D eigenvalue weighted by atomic mass is 10.2. The van der Waals surface area contributed by atoms with Crippen molar-refractivity contribution in [2.24, 2.45) is 5.10 Å². The summed E-state index contributed by atoms with van der Waals surface area (Å²) in [6.07, 6.45) is 1.49. The molecular formula is C17H12BrClN6O3. The molecule has 1 N–H and O–H groups in total. The molecule has 1 aliphatic rings. The first-order chi connectivity index (χ1) is 13.6. The van der Waals surface area contributed by atoms with Gasteiger partial charge in [0.2, 0.25) is 12.6 Å². The quantitative estimate of drug-likeness (QED) is 0.461. The number of carbonyl (C=O) groups excluding carboxylic acids is 1. The number of amides is 1. The van der Waals surface area contributed by atoms with E-state index in [9.17, 15) is 4.79 Å². The van der Waals surface area contributed by atoms with Crippen LogP contribution >= 0.6 is 27.5 Å². The lowest BCUT2D eigenvalue weighted by Gasteiger charge is -2.02. The summed E-state index contributed by atoms with van der Waals surface area (Å²) >= 11 is 9.53. The van der Waals surface area contributed by atoms with Gasteiger partial charge in [-0.2, -0.15) is 9.90 Å². The minimum atomic E-state index is -0.406. The van der Waals surface area contributed by atoms with Crippen LogP contribution < -0.4 is 14.9 Å². The number of hydrogen-bond donors (Lipinski definition) is 1. The molecule has 1 amide bonds. The van der Waals surface area contributed by atoms with E-state index < -0.39 is 5.91 Å². The first-order valence-corrected chi connectivity index (χ1v) is 9.21. The second-order valence-electron chi connectivity index (χ2n) is 5.64. The minimum Gasteiger partial charge on any atom is -0.454 e. The molecular weight excluding hydrogens is 452 g/mol. The molecule has 0 aliphatic carbocycles. The summed E-state index contributed by atoms with van der Waals surface area (Å²) in [4.78, 5) is 13.2. The number of carbonyl (C=O) groups is 1. The Hall–Kier alpha value is -2.98. The average molecular weight is 464 g/mol. The molecule has 0 radical (unpaired) electrons. The number of aromatic nitrogens is 4. The number of tetrazole rings is 1. The number of rotatable bonds is 5. The third kappa shape index (κ3) is 3.97. The van der Waals surface area contributed by atoms with Gasteiger partial charge >= 0.3 is 0 Å². The maximum atomic E-state index is 12.1. The molecule has 1 aliphatic heterocycles. The van der Waals surface area contributed by atoms with E-state index in [1.165, 1.54) is 11.0 Å². The van der Waals surface area contributed by atoms with E-state index in [4.69, 9.17) is 21.1 Å². The highest BCUT2D eigenvalue weighted by atomic mass is 79.9. The second-order valence-corrected chi connectivity index (χ2v) is 6.90. The number of benzene rings is 2. The average Bonchev–Trinajstić information content (AvgIpc) is 3.31. The summed E-state index contributed by atoms with van der Waals surface area (Å²) in [5.74, 6) is 1.21. The van der Waals surface area contributed by atoms with Crippen LogP contribution in [0.5, 0.6) is 11.5 Å². The normalized spacial score (nSPS) is 12.5. The van der Waals surface area contributed by atoms with Crippen LogP contribution in [0.3, 0.4) is 0 Å². The Morgan fingerprint density at radius 3 is 2.93 bits per heavy atom. The predicted octanol–water partition coefficient (Wildman–Crippen LogP) is 2.64. The van der Waals surface area contributed by atoms with E-state index in [2.05, 4.69) is 41.9 Å². The largest absolute Gasteiger partial charge is 0.454 e. The summed E-state index contributed by atoms with van der Waals surface area (Å²) in [5.41, 5.74) is 3.78. The summed E-state index contributed by atoms with van der Waals surface area (Å²) in [5, 5.41) is 16.4. The van der Waals surface area contributed by atoms with E-state index >= 15 is 0 Å². The van der Waals surface area contributed by atoms with Gasteiger partial charge < -0.3 is 9.47 Å². The highest BCUT2D eigenvalue weighted by Gasteiger charge is 2.15. The zero-order valence-electron chi connectivity index (χ0n) is 14.2. The summed E-state index contributed by atoms with van der Waals surface area (Å²) in [6, 6.07) is 10.7. The van der Waals surface area contributed by atoms with Crippen LogP contribution in [0.2, 0.25) is 5.02 Å². The molecule has 0 spiro atoms. The van der Waals surface area contributed by atoms with Crippen molar-refractivity contribution in [1.82, 2.24) is 25.6 Å². The fraction of sp³-hybridized carbons (Fsp3) is 0.118. The Balaban J connectivity index is 1.38. The summed E-state index contributed by atoms with van der Waals surface area (Å²) < 4.78 is 11.4. The molecule has 2 aromatic carbocycles. The SMILES string of the molecule is O=C(Cn1nnc(-c2ccccc2Cl)n1)N/N=C\c1cc2c(cc1Br)OCO2. The zero-order valence-corrected chi connectivity index (χ0v) is 16.5. The molecule has 9 nitrogen and oxygen atoms in total. The number of hydrazone groups is 1. The highest BCUT2D eigenvalue weighted by Crippen LogP contribution is 2.36. The Labute approximate surface area is 172 Å². The molecule has 0 saturated heterocycles. The van der Waals surface area contributed by atoms with Crippen molar-refractivity contribution in [2.75, 3.05) is 6.79 Å². The predicted molar refractivity (Wildman–Crippen MR) is 104 cm³/mol. The molecule has 0 bridgehead atoms. The van der Waals surface area contributed by atoms with Gasteiger partial charge in [0.1, 0.15) is 6.54 Å². The second kappa shape index (κ2) is 7.95. The topological polar surface area (TPSA) is 104 Å². The molecule has 0 unspecified atom stereocenters. The molecule has 0 saturated carbocycles. The van der Waals surface area contributed by atoms with E-state index in [1.807, 2.05) is 6.07 Å². The maximum absolute atomic E-state index is 12.1. The Kier molecular flexibility index (Phi) is 5.22. The van der Waals surface area contributed by atoms with Crippen LogP contribution in [0.15, 0.2) is 46.0 Å². The fourth-order valence-corrected chi connectivity index (χ4v) is 3.08. The van der Waals surface area contributed by atoms with Crippen molar-refractivity contribution in [3.8, 4) is 22.9 Å². The summed E-state index contributed by atoms with van der Waals surface area (Å²) in [7, 11) is 0. The molecule has 2 heterocycles. The van der Waals surface area contributed by atoms with Crippen LogP contribution in [0.1, 0.15) is 5.56 Å². The molecule has 0 atom stereocenters. The van der Waals surface area contributed by atoms with E-state index in [1.54, 1.807) is 30.3 Å². The standard InChI is InChI=1S/C17H12BrClN6O3/c18-12-6-15-14(27-9-28-15)5-10(12)7-20-21-16(26)8-25-23-17(22-24-25)11-3-1-2-4-13(11)19/h1-7H,8-9H2,(H,21,26)/b20-7-. The number of hydrogen-bond acceptors (Lipinski definition) is 7. The van der Waals surface area contributed by atoms with E-state index in [0.717, 1.165) is 10.0 Å². The van der Waals surface area contributed by atoms with Gasteiger partial charge in [-0.3, -0.25) is 4.79 Å². The molecule has 11 heteroatoms. The van der Waals surface area contributed by atoms with Crippen molar-refractivity contribution in [2.45, 2.75) is 6.54 Å². The van der Waals surface area contributed by atoms with Gasteiger partial charge in [-0.05, 0) is 45.4 Å². The summed E-state index contributed by atoms with van der Waals surface area (Å²) in [6.45, 7) is 0.0390. The first-order valence-electron chi connectivity index (χ1n) is 8.04. The van der Waals surface area contributed by atoms with E-state index in [-0.39, 0.29) is 13.3 Å². The van der Waals surface area contributed by atoms with Crippen LogP contribution in [0.4, 0.5) is 0 Å². The van der Waals surface area contributed by atoms with Gasteiger partial charge in [0.25, 0.3) is 5.91 Å². The van der Waals surface area contributed by atoms with E-state index in [0.29, 0.717) is 27.9 Å². The van der Waals surface area contributed by atoms with Gasteiger partial charge in [-0.15, -0.1) is 10.2 Å². The lowest BCUT2D eigenvalue weighted by Crippen LogP contribution is -2.24. The van der Waals surface area contributed by atoms with Crippen molar-refractivity contribution < 1.29 is 14.3 Å². The Morgan fingerprint density at radius 1 is 1.32 bits per heavy atom. The van der Waals surface area contributed by atoms with Gasteiger partial charge in [-0.25, -0.2) is 5.43 Å². The third-order valence-electron chi connectivity index (χ3n) is 3.74. The Morgan fingerprint density at radius 2 is 2.11 bits per heavy atom. The minimum absolute atomic E-state index is 0.142. The lowest BCUT2D eigenvalue weighted by molar-refractivity contribution is -0.122. The smallest absolute Gasteiger partial charge is 0.263 e. The monoisotopic (exact) mass is 462 g/mol. The third-order valence-corrected chi connectivity index (χ3v) is 4.75. The molecule has 142 valence electrons. The highest BCUT2D eigenvalue weighted by molar-refractivity contribution is 9.10. The van der Waals surface area contributed by atoms with Gasteiger partial charge in [-0.1, -0.05) is 23.7 Å². The number of ether oxygens (including phenoxy) is 2. The van der Waals surface area contributed by atoms with Crippen LogP contribution in [-0.4, -0.2) is 39.1 Å². The molecule has 1 aromatic heterocycles. The zero-order chi connectivity index (χ0) is 19.5. The van der Waals surface area contributed by atoms with Crippen molar-refractivity contribution in [1.29, 1.82) is 0 Å². The maximum Gasteiger partial charge on any atom is 0.263 e. The molecule has 0 fully saturated rings. The van der Waals surface area contributed by atoms with Crippen molar-refractivity contribution >= 4 is 39.7 Å². The first kappa shape index (κ1) is 18.4. The molecule has 3 aromatic rings. The van der Waals surface area contributed by atoms with Crippen LogP contribution in [0.25, 0.3) is 11.4 Å². The van der Waals surface area contributed by atoms with Crippen molar-refractivity contribution in [3.63, 3.8) is 0 Å². The van der Waals surface area contributed by atoms with Gasteiger partial charge in [0, 0.05) is 15.6 Å². The number of nitrogens with one attached hydrogen (secondary N) is 1. The number of nitrogens with zero attached hydrogens (tertiary/aromatic N) is 5.